The Bertz CT molecular complexity index is 1220. The summed E-state index contributed by atoms with van der Waals surface area (Å²) >= 11 is 0. The van der Waals surface area contributed by atoms with Gasteiger partial charge in [-0.05, 0) is 42.9 Å². The van der Waals surface area contributed by atoms with E-state index >= 15 is 0 Å². The van der Waals surface area contributed by atoms with Gasteiger partial charge in [0.15, 0.2) is 0 Å². The van der Waals surface area contributed by atoms with Crippen molar-refractivity contribution in [1.29, 1.82) is 5.26 Å². The van der Waals surface area contributed by atoms with Gasteiger partial charge in [0.2, 0.25) is 11.6 Å². The average molecular weight is 443 g/mol. The lowest BCUT2D eigenvalue weighted by Crippen LogP contribution is -2.44. The van der Waals surface area contributed by atoms with Crippen molar-refractivity contribution in [3.05, 3.63) is 71.5 Å². The maximum atomic E-state index is 14.8. The molecule has 1 aromatic heterocycles. The second-order valence-electron chi connectivity index (χ2n) is 7.78. The van der Waals surface area contributed by atoms with Gasteiger partial charge in [-0.1, -0.05) is 12.1 Å². The van der Waals surface area contributed by atoms with Crippen LogP contribution < -0.4 is 15.5 Å². The highest BCUT2D eigenvalue weighted by Gasteiger charge is 2.18. The molecule has 0 bridgehead atoms. The van der Waals surface area contributed by atoms with Crippen LogP contribution in [0.3, 0.4) is 0 Å². The van der Waals surface area contributed by atoms with E-state index in [0.717, 1.165) is 31.7 Å². The molecule has 9 heteroatoms. The van der Waals surface area contributed by atoms with Crippen LogP contribution in [0.15, 0.2) is 48.7 Å². The highest BCUT2D eigenvalue weighted by Crippen LogP contribution is 2.29. The van der Waals surface area contributed by atoms with E-state index in [2.05, 4.69) is 43.5 Å². The SMILES string of the molecule is [C-]#[N+]c1cnc(Nc2ccc(N3CCN(C)CC3)c(F)c2)nc1Nc1cccc(CC#N)c1. The summed E-state index contributed by atoms with van der Waals surface area (Å²) in [6.07, 6.45) is 1.70. The maximum absolute atomic E-state index is 14.8. The number of nitrogens with zero attached hydrogens (tertiary/aromatic N) is 6. The Kier molecular flexibility index (Phi) is 6.63. The summed E-state index contributed by atoms with van der Waals surface area (Å²) in [6, 6.07) is 14.5. The summed E-state index contributed by atoms with van der Waals surface area (Å²) in [5.74, 6) is 0.256. The summed E-state index contributed by atoms with van der Waals surface area (Å²) in [4.78, 5) is 16.3. The van der Waals surface area contributed by atoms with Crippen LogP contribution in [0.1, 0.15) is 5.56 Å². The molecular formula is C24H23FN8. The molecule has 0 unspecified atom stereocenters. The molecule has 2 heterocycles. The summed E-state index contributed by atoms with van der Waals surface area (Å²) in [5, 5.41) is 15.0. The third-order valence-corrected chi connectivity index (χ3v) is 5.41. The molecule has 0 aliphatic carbocycles. The summed E-state index contributed by atoms with van der Waals surface area (Å²) in [6.45, 7) is 10.8. The normalized spacial score (nSPS) is 13.8. The van der Waals surface area contributed by atoms with E-state index < -0.39 is 0 Å². The van der Waals surface area contributed by atoms with Crippen molar-refractivity contribution in [1.82, 2.24) is 14.9 Å². The first-order chi connectivity index (χ1) is 16.1. The topological polar surface area (TPSA) is 84.5 Å². The van der Waals surface area contributed by atoms with Gasteiger partial charge in [0.25, 0.3) is 0 Å². The largest absolute Gasteiger partial charge is 0.367 e. The first-order valence-corrected chi connectivity index (χ1v) is 10.5. The van der Waals surface area contributed by atoms with Crippen molar-refractivity contribution < 1.29 is 4.39 Å². The first-order valence-electron chi connectivity index (χ1n) is 10.5. The van der Waals surface area contributed by atoms with Crippen LogP contribution in [-0.2, 0) is 6.42 Å². The summed E-state index contributed by atoms with van der Waals surface area (Å²) < 4.78 is 14.8. The van der Waals surface area contributed by atoms with Crippen LogP contribution in [0.2, 0.25) is 0 Å². The molecule has 0 radical (unpaired) electrons. The monoisotopic (exact) mass is 442 g/mol. The quantitative estimate of drug-likeness (QED) is 0.545. The number of rotatable bonds is 6. The Hall–Kier alpha value is -4.21. The highest BCUT2D eigenvalue weighted by molar-refractivity contribution is 5.73. The van der Waals surface area contributed by atoms with Crippen LogP contribution in [0.25, 0.3) is 4.85 Å². The Morgan fingerprint density at radius 2 is 1.91 bits per heavy atom. The van der Waals surface area contributed by atoms with E-state index in [9.17, 15) is 4.39 Å². The lowest BCUT2D eigenvalue weighted by atomic mass is 10.1. The lowest BCUT2D eigenvalue weighted by Gasteiger charge is -2.34. The molecule has 1 fully saturated rings. The number of likely N-dealkylation sites (N-methyl/N-ethyl adjacent to an activating group) is 1. The zero-order valence-corrected chi connectivity index (χ0v) is 18.2. The molecule has 1 aliphatic rings. The zero-order chi connectivity index (χ0) is 23.2. The second kappa shape index (κ2) is 9.94. The molecule has 1 aliphatic heterocycles. The lowest BCUT2D eigenvalue weighted by molar-refractivity contribution is 0.311. The number of nitrogens with one attached hydrogen (secondary N) is 2. The van der Waals surface area contributed by atoms with Crippen molar-refractivity contribution in [2.24, 2.45) is 0 Å². The minimum Gasteiger partial charge on any atom is -0.367 e. The molecular weight excluding hydrogens is 419 g/mol. The van der Waals surface area contributed by atoms with Gasteiger partial charge in [0.05, 0.1) is 24.7 Å². The molecule has 1 saturated heterocycles. The second-order valence-corrected chi connectivity index (χ2v) is 7.78. The molecule has 0 saturated carbocycles. The Balaban J connectivity index is 1.52. The van der Waals surface area contributed by atoms with E-state index in [1.54, 1.807) is 12.1 Å². The molecule has 0 spiro atoms. The fraction of sp³-hybridized carbons (Fsp3) is 0.250. The standard InChI is InChI=1S/C24H23FN8/c1-27-21-16-28-24(31-23(21)29-18-5-3-4-17(14-18)8-9-26)30-19-6-7-22(20(25)15-19)33-12-10-32(2)11-13-33/h3-7,14-16H,8,10-13H2,2H3,(H2,28,29,30,31). The van der Waals surface area contributed by atoms with Gasteiger partial charge in [-0.3, -0.25) is 0 Å². The van der Waals surface area contributed by atoms with Crippen LogP contribution >= 0.6 is 0 Å². The minimum atomic E-state index is -0.310. The molecule has 166 valence electrons. The van der Waals surface area contributed by atoms with Gasteiger partial charge in [-0.25, -0.2) is 19.2 Å². The molecule has 8 nitrogen and oxygen atoms in total. The molecule has 3 aromatic rings. The van der Waals surface area contributed by atoms with Crippen molar-refractivity contribution in [3.8, 4) is 6.07 Å². The molecule has 33 heavy (non-hydrogen) atoms. The highest BCUT2D eigenvalue weighted by atomic mass is 19.1. The Morgan fingerprint density at radius 3 is 2.64 bits per heavy atom. The fourth-order valence-electron chi connectivity index (χ4n) is 3.61. The molecule has 4 rings (SSSR count). The number of nitriles is 1. The number of aromatic nitrogens is 2. The number of anilines is 5. The first kappa shape index (κ1) is 22.0. The number of hydrogen-bond donors (Lipinski definition) is 2. The van der Waals surface area contributed by atoms with Crippen molar-refractivity contribution in [2.75, 3.05) is 48.8 Å². The Morgan fingerprint density at radius 1 is 1.12 bits per heavy atom. The number of hydrogen-bond acceptors (Lipinski definition) is 7. The maximum Gasteiger partial charge on any atom is 0.246 e. The van der Waals surface area contributed by atoms with Crippen molar-refractivity contribution in [3.63, 3.8) is 0 Å². The van der Waals surface area contributed by atoms with Crippen molar-refractivity contribution in [2.45, 2.75) is 6.42 Å². The van der Waals surface area contributed by atoms with Gasteiger partial charge in [-0.2, -0.15) is 5.26 Å². The van der Waals surface area contributed by atoms with Gasteiger partial charge < -0.3 is 20.4 Å². The average Bonchev–Trinajstić information content (AvgIpc) is 2.81. The molecule has 2 aromatic carbocycles. The van der Waals surface area contributed by atoms with E-state index in [0.29, 0.717) is 22.9 Å². The van der Waals surface area contributed by atoms with Crippen LogP contribution in [0.4, 0.5) is 38.9 Å². The smallest absolute Gasteiger partial charge is 0.246 e. The minimum absolute atomic E-state index is 0.241. The molecule has 2 N–H and O–H groups in total. The third-order valence-electron chi connectivity index (χ3n) is 5.41. The van der Waals surface area contributed by atoms with Gasteiger partial charge >= 0.3 is 0 Å². The predicted octanol–water partition coefficient (Wildman–Crippen LogP) is 4.47. The van der Waals surface area contributed by atoms with E-state index in [1.165, 1.54) is 12.3 Å². The number of halogens is 1. The third kappa shape index (κ3) is 5.35. The Labute approximate surface area is 192 Å². The molecule has 0 atom stereocenters. The predicted molar refractivity (Wildman–Crippen MR) is 127 cm³/mol. The van der Waals surface area contributed by atoms with Gasteiger partial charge in [-0.15, -0.1) is 0 Å². The number of piperazine rings is 1. The molecule has 0 amide bonds. The number of benzene rings is 2. The van der Waals surface area contributed by atoms with E-state index in [1.807, 2.05) is 29.2 Å². The van der Waals surface area contributed by atoms with Crippen LogP contribution in [0, 0.1) is 23.7 Å². The van der Waals surface area contributed by atoms with Crippen LogP contribution in [0.5, 0.6) is 0 Å². The summed E-state index contributed by atoms with van der Waals surface area (Å²) in [5.41, 5.74) is 2.92. The van der Waals surface area contributed by atoms with E-state index in [4.69, 9.17) is 11.8 Å². The zero-order valence-electron chi connectivity index (χ0n) is 18.2. The van der Waals surface area contributed by atoms with Crippen LogP contribution in [-0.4, -0.2) is 48.1 Å². The summed E-state index contributed by atoms with van der Waals surface area (Å²) in [7, 11) is 2.06. The fourth-order valence-corrected chi connectivity index (χ4v) is 3.61. The van der Waals surface area contributed by atoms with Crippen molar-refractivity contribution >= 4 is 34.5 Å². The van der Waals surface area contributed by atoms with E-state index in [-0.39, 0.29) is 23.9 Å². The van der Waals surface area contributed by atoms with Gasteiger partial charge in [0.1, 0.15) is 11.6 Å². The van der Waals surface area contributed by atoms with Gasteiger partial charge in [0, 0.05) is 43.8 Å².